The third kappa shape index (κ3) is 2.41. The van der Waals surface area contributed by atoms with Crippen LogP contribution < -0.4 is 0 Å². The van der Waals surface area contributed by atoms with Crippen molar-refractivity contribution in [3.8, 4) is 11.3 Å². The summed E-state index contributed by atoms with van der Waals surface area (Å²) in [5.41, 5.74) is 3.86. The van der Waals surface area contributed by atoms with Gasteiger partial charge in [-0.1, -0.05) is 53.5 Å². The maximum absolute atomic E-state index is 6.52. The van der Waals surface area contributed by atoms with Crippen LogP contribution in [0.4, 0.5) is 0 Å². The van der Waals surface area contributed by atoms with E-state index >= 15 is 0 Å². The van der Waals surface area contributed by atoms with E-state index in [-0.39, 0.29) is 0 Å². The first-order valence-electron chi connectivity index (χ1n) is 6.08. The van der Waals surface area contributed by atoms with Crippen molar-refractivity contribution in [3.63, 3.8) is 0 Å². The molecule has 1 heterocycles. The SMILES string of the molecule is Cc1c(-c2ccccc2)nc2c(I)cc(Cl)cc2c1Cl. The van der Waals surface area contributed by atoms with Crippen molar-refractivity contribution in [1.29, 1.82) is 0 Å². The molecule has 4 heteroatoms. The molecule has 0 saturated heterocycles. The molecular weight excluding hydrogens is 404 g/mol. The molecule has 0 aliphatic carbocycles. The zero-order valence-electron chi connectivity index (χ0n) is 10.6. The van der Waals surface area contributed by atoms with Crippen molar-refractivity contribution < 1.29 is 0 Å². The van der Waals surface area contributed by atoms with Gasteiger partial charge in [-0.3, -0.25) is 0 Å². The largest absolute Gasteiger partial charge is 0.246 e. The van der Waals surface area contributed by atoms with Gasteiger partial charge in [-0.15, -0.1) is 0 Å². The summed E-state index contributed by atoms with van der Waals surface area (Å²) >= 11 is 14.9. The van der Waals surface area contributed by atoms with E-state index in [1.807, 2.05) is 49.4 Å². The molecule has 100 valence electrons. The van der Waals surface area contributed by atoms with Gasteiger partial charge in [0.1, 0.15) is 0 Å². The molecule has 20 heavy (non-hydrogen) atoms. The van der Waals surface area contributed by atoms with E-state index in [1.165, 1.54) is 0 Å². The van der Waals surface area contributed by atoms with E-state index in [9.17, 15) is 0 Å². The van der Waals surface area contributed by atoms with E-state index in [1.54, 1.807) is 0 Å². The minimum Gasteiger partial charge on any atom is -0.246 e. The highest BCUT2D eigenvalue weighted by Gasteiger charge is 2.14. The Labute approximate surface area is 141 Å². The summed E-state index contributed by atoms with van der Waals surface area (Å²) in [7, 11) is 0. The van der Waals surface area contributed by atoms with Gasteiger partial charge in [-0.2, -0.15) is 0 Å². The van der Waals surface area contributed by atoms with Crippen LogP contribution in [0.15, 0.2) is 42.5 Å². The number of benzene rings is 2. The Bertz CT molecular complexity index is 801. The number of hydrogen-bond acceptors (Lipinski definition) is 1. The summed E-state index contributed by atoms with van der Waals surface area (Å²) in [6, 6.07) is 13.8. The molecular formula is C16H10Cl2IN. The summed E-state index contributed by atoms with van der Waals surface area (Å²) in [6.07, 6.45) is 0. The second kappa shape index (κ2) is 5.51. The first kappa shape index (κ1) is 14.1. The maximum Gasteiger partial charge on any atom is 0.0859 e. The van der Waals surface area contributed by atoms with Crippen molar-refractivity contribution in [2.45, 2.75) is 6.92 Å². The van der Waals surface area contributed by atoms with Crippen LogP contribution in [0.25, 0.3) is 22.2 Å². The fraction of sp³-hybridized carbons (Fsp3) is 0.0625. The number of fused-ring (bicyclic) bond motifs is 1. The molecule has 3 aromatic rings. The predicted octanol–water partition coefficient (Wildman–Crippen LogP) is 6.12. The highest BCUT2D eigenvalue weighted by Crippen LogP contribution is 2.36. The van der Waals surface area contributed by atoms with Crippen LogP contribution in [0.5, 0.6) is 0 Å². The molecule has 0 aliphatic rings. The predicted molar refractivity (Wildman–Crippen MR) is 94.7 cm³/mol. The lowest BCUT2D eigenvalue weighted by molar-refractivity contribution is 1.32. The molecule has 0 aliphatic heterocycles. The molecule has 0 atom stereocenters. The van der Waals surface area contributed by atoms with Gasteiger partial charge in [0.05, 0.1) is 16.2 Å². The van der Waals surface area contributed by atoms with Crippen LogP contribution in [0.3, 0.4) is 0 Å². The van der Waals surface area contributed by atoms with Gasteiger partial charge in [-0.25, -0.2) is 4.98 Å². The van der Waals surface area contributed by atoms with Crippen molar-refractivity contribution in [3.05, 3.63) is 61.6 Å². The Morgan fingerprint density at radius 2 is 1.75 bits per heavy atom. The third-order valence-corrected chi connectivity index (χ3v) is 4.75. The van der Waals surface area contributed by atoms with E-state index in [2.05, 4.69) is 22.6 Å². The Balaban J connectivity index is 2.39. The van der Waals surface area contributed by atoms with Gasteiger partial charge >= 0.3 is 0 Å². The first-order chi connectivity index (χ1) is 9.58. The van der Waals surface area contributed by atoms with Gasteiger partial charge in [0, 0.05) is 19.5 Å². The van der Waals surface area contributed by atoms with E-state index in [0.29, 0.717) is 10.0 Å². The zero-order valence-corrected chi connectivity index (χ0v) is 14.3. The first-order valence-corrected chi connectivity index (χ1v) is 7.91. The van der Waals surface area contributed by atoms with Crippen LogP contribution in [-0.2, 0) is 0 Å². The minimum atomic E-state index is 0.678. The average molecular weight is 414 g/mol. The van der Waals surface area contributed by atoms with E-state index in [4.69, 9.17) is 28.2 Å². The number of aromatic nitrogens is 1. The molecule has 2 aromatic carbocycles. The van der Waals surface area contributed by atoms with Gasteiger partial charge in [0.15, 0.2) is 0 Å². The second-order valence-electron chi connectivity index (χ2n) is 4.55. The summed E-state index contributed by atoms with van der Waals surface area (Å²) < 4.78 is 1.00. The normalized spacial score (nSPS) is 11.0. The van der Waals surface area contributed by atoms with Gasteiger partial charge < -0.3 is 0 Å². The van der Waals surface area contributed by atoms with Gasteiger partial charge in [0.25, 0.3) is 0 Å². The lowest BCUT2D eigenvalue weighted by atomic mass is 10.0. The minimum absolute atomic E-state index is 0.678. The Kier molecular flexibility index (Phi) is 3.89. The van der Waals surface area contributed by atoms with Crippen LogP contribution in [-0.4, -0.2) is 4.98 Å². The number of pyridine rings is 1. The second-order valence-corrected chi connectivity index (χ2v) is 6.53. The fourth-order valence-corrected chi connectivity index (χ4v) is 3.61. The highest BCUT2D eigenvalue weighted by atomic mass is 127. The molecule has 1 aromatic heterocycles. The van der Waals surface area contributed by atoms with Crippen molar-refractivity contribution in [1.82, 2.24) is 4.98 Å². The number of hydrogen-bond donors (Lipinski definition) is 0. The molecule has 0 N–H and O–H groups in total. The summed E-state index contributed by atoms with van der Waals surface area (Å²) in [6.45, 7) is 1.99. The smallest absolute Gasteiger partial charge is 0.0859 e. The lowest BCUT2D eigenvalue weighted by Gasteiger charge is -2.12. The monoisotopic (exact) mass is 413 g/mol. The molecule has 0 unspecified atom stereocenters. The maximum atomic E-state index is 6.52. The Morgan fingerprint density at radius 1 is 1.05 bits per heavy atom. The molecule has 0 spiro atoms. The van der Waals surface area contributed by atoms with Gasteiger partial charge in [-0.05, 0) is 47.2 Å². The Morgan fingerprint density at radius 3 is 2.45 bits per heavy atom. The molecule has 0 radical (unpaired) electrons. The summed E-state index contributed by atoms with van der Waals surface area (Å²) in [4.78, 5) is 4.80. The summed E-state index contributed by atoms with van der Waals surface area (Å²) in [5.74, 6) is 0. The molecule has 0 fully saturated rings. The van der Waals surface area contributed by atoms with E-state index < -0.39 is 0 Å². The molecule has 0 amide bonds. The van der Waals surface area contributed by atoms with Crippen LogP contribution in [0.2, 0.25) is 10.0 Å². The van der Waals surface area contributed by atoms with Crippen molar-refractivity contribution >= 4 is 56.7 Å². The topological polar surface area (TPSA) is 12.9 Å². The Hall–Kier alpha value is -0.840. The van der Waals surface area contributed by atoms with Gasteiger partial charge in [0.2, 0.25) is 0 Å². The standard InChI is InChI=1S/C16H10Cl2IN/c1-9-14(18)12-7-11(17)8-13(19)16(12)20-15(9)10-5-3-2-4-6-10/h2-8H,1H3. The average Bonchev–Trinajstić information content (AvgIpc) is 2.44. The third-order valence-electron chi connectivity index (χ3n) is 3.22. The van der Waals surface area contributed by atoms with Crippen molar-refractivity contribution in [2.24, 2.45) is 0 Å². The van der Waals surface area contributed by atoms with Crippen LogP contribution >= 0.6 is 45.8 Å². The van der Waals surface area contributed by atoms with Crippen molar-refractivity contribution in [2.75, 3.05) is 0 Å². The zero-order chi connectivity index (χ0) is 14.3. The highest BCUT2D eigenvalue weighted by molar-refractivity contribution is 14.1. The molecule has 3 rings (SSSR count). The lowest BCUT2D eigenvalue weighted by Crippen LogP contribution is -1.94. The summed E-state index contributed by atoms with van der Waals surface area (Å²) in [5, 5.41) is 2.30. The van der Waals surface area contributed by atoms with E-state index in [0.717, 1.165) is 31.3 Å². The molecule has 1 nitrogen and oxygen atoms in total. The number of rotatable bonds is 1. The van der Waals surface area contributed by atoms with Crippen LogP contribution in [0, 0.1) is 10.5 Å². The molecule has 0 saturated carbocycles. The fourth-order valence-electron chi connectivity index (χ4n) is 2.23. The van der Waals surface area contributed by atoms with Crippen LogP contribution in [0.1, 0.15) is 5.56 Å². The number of halogens is 3. The molecule has 0 bridgehead atoms. The number of nitrogens with zero attached hydrogens (tertiary/aromatic N) is 1. The quantitative estimate of drug-likeness (QED) is 0.438.